The Labute approximate surface area is 146 Å². The van der Waals surface area contributed by atoms with Crippen molar-refractivity contribution in [3.05, 3.63) is 75.3 Å². The molecule has 1 aromatic carbocycles. The Balaban J connectivity index is 1.81. The number of aromatic amines is 1. The molecule has 0 aliphatic carbocycles. The Hall–Kier alpha value is -3.36. The predicted octanol–water partition coefficient (Wildman–Crippen LogP) is 2.03. The second-order valence-electron chi connectivity index (χ2n) is 5.70. The van der Waals surface area contributed by atoms with Crippen LogP contribution < -0.4 is 10.9 Å². The van der Waals surface area contributed by atoms with Gasteiger partial charge in [0.05, 0.1) is 23.5 Å². The monoisotopic (exact) mass is 359 g/mol. The molecule has 3 aromatic rings. The normalized spacial score (nSPS) is 12.0. The van der Waals surface area contributed by atoms with Crippen LogP contribution in [0.3, 0.4) is 0 Å². The molecule has 1 atom stereocenters. The molecule has 2 heterocycles. The lowest BCUT2D eigenvalue weighted by atomic mass is 10.1. The largest absolute Gasteiger partial charge is 0.345 e. The minimum absolute atomic E-state index is 0.299. The standard InChI is InChI=1S/C17H15F2N5O2/c1-9(11-3-4-13(18)14(19)7-11)21-17(26)12-8-20-24(10(12)2)15-5-6-16(25)23-22-15/h3-9H,1-2H3,(H,21,26)(H,23,25). The fraction of sp³-hybridized carbons (Fsp3) is 0.176. The van der Waals surface area contributed by atoms with Gasteiger partial charge in [-0.1, -0.05) is 6.07 Å². The van der Waals surface area contributed by atoms with Gasteiger partial charge < -0.3 is 5.32 Å². The van der Waals surface area contributed by atoms with Crippen LogP contribution in [0.1, 0.15) is 34.6 Å². The quantitative estimate of drug-likeness (QED) is 0.745. The lowest BCUT2D eigenvalue weighted by molar-refractivity contribution is 0.0939. The van der Waals surface area contributed by atoms with E-state index in [0.717, 1.165) is 12.1 Å². The molecule has 0 fully saturated rings. The summed E-state index contributed by atoms with van der Waals surface area (Å²) in [5.74, 6) is -1.99. The van der Waals surface area contributed by atoms with Crippen LogP contribution in [-0.4, -0.2) is 25.9 Å². The highest BCUT2D eigenvalue weighted by atomic mass is 19.2. The van der Waals surface area contributed by atoms with Gasteiger partial charge in [0.1, 0.15) is 0 Å². The molecule has 26 heavy (non-hydrogen) atoms. The molecule has 7 nitrogen and oxygen atoms in total. The van der Waals surface area contributed by atoms with E-state index < -0.39 is 23.6 Å². The number of nitrogens with one attached hydrogen (secondary N) is 2. The number of rotatable bonds is 4. The number of hydrogen-bond donors (Lipinski definition) is 2. The number of carbonyl (C=O) groups is 1. The Morgan fingerprint density at radius 2 is 2.00 bits per heavy atom. The first-order chi connectivity index (χ1) is 12.4. The molecule has 1 unspecified atom stereocenters. The molecule has 0 aliphatic heterocycles. The van der Waals surface area contributed by atoms with E-state index in [0.29, 0.717) is 22.6 Å². The number of H-pyrrole nitrogens is 1. The summed E-state index contributed by atoms with van der Waals surface area (Å²) in [6.45, 7) is 3.34. The summed E-state index contributed by atoms with van der Waals surface area (Å²) in [6.07, 6.45) is 1.37. The summed E-state index contributed by atoms with van der Waals surface area (Å²) in [6, 6.07) is 5.70. The maximum Gasteiger partial charge on any atom is 0.264 e. The van der Waals surface area contributed by atoms with Crippen LogP contribution in [-0.2, 0) is 0 Å². The third-order valence-corrected chi connectivity index (χ3v) is 3.93. The SMILES string of the molecule is Cc1c(C(=O)NC(C)c2ccc(F)c(F)c2)cnn1-c1ccc(=O)[nH]n1. The van der Waals surface area contributed by atoms with E-state index in [9.17, 15) is 18.4 Å². The van der Waals surface area contributed by atoms with Crippen LogP contribution in [0.2, 0.25) is 0 Å². The summed E-state index contributed by atoms with van der Waals surface area (Å²) in [7, 11) is 0. The molecule has 0 saturated carbocycles. The Morgan fingerprint density at radius 3 is 2.65 bits per heavy atom. The summed E-state index contributed by atoms with van der Waals surface area (Å²) >= 11 is 0. The average molecular weight is 359 g/mol. The van der Waals surface area contributed by atoms with Crippen molar-refractivity contribution in [3.8, 4) is 5.82 Å². The van der Waals surface area contributed by atoms with Crippen LogP contribution in [0.4, 0.5) is 8.78 Å². The van der Waals surface area contributed by atoms with Crippen molar-refractivity contribution < 1.29 is 13.6 Å². The summed E-state index contributed by atoms with van der Waals surface area (Å²) in [5, 5.41) is 13.0. The fourth-order valence-corrected chi connectivity index (χ4v) is 2.46. The van der Waals surface area contributed by atoms with Gasteiger partial charge in [0.2, 0.25) is 0 Å². The second-order valence-corrected chi connectivity index (χ2v) is 5.70. The maximum atomic E-state index is 13.4. The molecule has 0 saturated heterocycles. The summed E-state index contributed by atoms with van der Waals surface area (Å²) < 4.78 is 27.8. The molecule has 0 radical (unpaired) electrons. The van der Waals surface area contributed by atoms with Gasteiger partial charge in [0.25, 0.3) is 11.5 Å². The molecule has 0 aliphatic rings. The van der Waals surface area contributed by atoms with Gasteiger partial charge in [-0.2, -0.15) is 10.2 Å². The number of halogens is 2. The molecular formula is C17H15F2N5O2. The van der Waals surface area contributed by atoms with Crippen molar-refractivity contribution in [2.45, 2.75) is 19.9 Å². The van der Waals surface area contributed by atoms with E-state index >= 15 is 0 Å². The van der Waals surface area contributed by atoms with E-state index in [1.165, 1.54) is 29.1 Å². The number of nitrogens with zero attached hydrogens (tertiary/aromatic N) is 3. The van der Waals surface area contributed by atoms with Crippen LogP contribution in [0, 0.1) is 18.6 Å². The average Bonchev–Trinajstić information content (AvgIpc) is 2.99. The first kappa shape index (κ1) is 17.5. The molecular weight excluding hydrogens is 344 g/mol. The van der Waals surface area contributed by atoms with E-state index in [4.69, 9.17) is 0 Å². The molecule has 2 N–H and O–H groups in total. The van der Waals surface area contributed by atoms with Gasteiger partial charge in [-0.3, -0.25) is 9.59 Å². The lowest BCUT2D eigenvalue weighted by Crippen LogP contribution is -2.27. The van der Waals surface area contributed by atoms with Gasteiger partial charge in [0.15, 0.2) is 17.5 Å². The molecule has 9 heteroatoms. The number of hydrogen-bond acceptors (Lipinski definition) is 4. The molecule has 134 valence electrons. The van der Waals surface area contributed by atoms with Gasteiger partial charge >= 0.3 is 0 Å². The Bertz CT molecular complexity index is 1010. The number of benzene rings is 1. The maximum absolute atomic E-state index is 13.4. The molecule has 1 amide bonds. The van der Waals surface area contributed by atoms with E-state index in [-0.39, 0.29) is 5.56 Å². The first-order valence-corrected chi connectivity index (χ1v) is 7.73. The van der Waals surface area contributed by atoms with Crippen molar-refractivity contribution in [2.75, 3.05) is 0 Å². The molecule has 3 rings (SSSR count). The number of aromatic nitrogens is 4. The van der Waals surface area contributed by atoms with Gasteiger partial charge in [-0.15, -0.1) is 0 Å². The minimum atomic E-state index is -0.975. The van der Waals surface area contributed by atoms with E-state index in [1.54, 1.807) is 13.8 Å². The van der Waals surface area contributed by atoms with Crippen molar-refractivity contribution in [3.63, 3.8) is 0 Å². The van der Waals surface area contributed by atoms with Crippen LogP contribution in [0.25, 0.3) is 5.82 Å². The van der Waals surface area contributed by atoms with Crippen molar-refractivity contribution in [2.24, 2.45) is 0 Å². The lowest BCUT2D eigenvalue weighted by Gasteiger charge is -2.14. The Kier molecular flexibility index (Phi) is 4.61. The third-order valence-electron chi connectivity index (χ3n) is 3.93. The fourth-order valence-electron chi connectivity index (χ4n) is 2.46. The highest BCUT2D eigenvalue weighted by molar-refractivity contribution is 5.95. The van der Waals surface area contributed by atoms with E-state index in [2.05, 4.69) is 20.6 Å². The zero-order valence-corrected chi connectivity index (χ0v) is 14.0. The van der Waals surface area contributed by atoms with Crippen molar-refractivity contribution in [1.82, 2.24) is 25.3 Å². The van der Waals surface area contributed by atoms with Crippen molar-refractivity contribution in [1.29, 1.82) is 0 Å². The third kappa shape index (κ3) is 3.37. The number of carbonyl (C=O) groups excluding carboxylic acids is 1. The minimum Gasteiger partial charge on any atom is -0.345 e. The highest BCUT2D eigenvalue weighted by Gasteiger charge is 2.18. The smallest absolute Gasteiger partial charge is 0.264 e. The zero-order valence-electron chi connectivity index (χ0n) is 14.0. The first-order valence-electron chi connectivity index (χ1n) is 7.73. The molecule has 2 aromatic heterocycles. The van der Waals surface area contributed by atoms with Gasteiger partial charge in [-0.05, 0) is 37.6 Å². The van der Waals surface area contributed by atoms with Gasteiger partial charge in [-0.25, -0.2) is 18.6 Å². The zero-order chi connectivity index (χ0) is 18.8. The Morgan fingerprint density at radius 1 is 1.23 bits per heavy atom. The van der Waals surface area contributed by atoms with Crippen LogP contribution in [0.15, 0.2) is 41.3 Å². The topological polar surface area (TPSA) is 92.7 Å². The number of amides is 1. The second kappa shape index (κ2) is 6.87. The molecule has 0 bridgehead atoms. The van der Waals surface area contributed by atoms with Gasteiger partial charge in [0, 0.05) is 6.07 Å². The molecule has 0 spiro atoms. The van der Waals surface area contributed by atoms with Crippen molar-refractivity contribution >= 4 is 5.91 Å². The summed E-state index contributed by atoms with van der Waals surface area (Å²) in [4.78, 5) is 23.6. The highest BCUT2D eigenvalue weighted by Crippen LogP contribution is 2.18. The van der Waals surface area contributed by atoms with Crippen LogP contribution >= 0.6 is 0 Å². The van der Waals surface area contributed by atoms with E-state index in [1.807, 2.05) is 0 Å². The van der Waals surface area contributed by atoms with Crippen LogP contribution in [0.5, 0.6) is 0 Å². The predicted molar refractivity (Wildman–Crippen MR) is 89.0 cm³/mol. The summed E-state index contributed by atoms with van der Waals surface area (Å²) in [5.41, 5.74) is 0.897.